The average Bonchev–Trinajstić information content (AvgIpc) is 2.37. The van der Waals surface area contributed by atoms with Crippen LogP contribution >= 0.6 is 0 Å². The van der Waals surface area contributed by atoms with Gasteiger partial charge in [-0.05, 0) is 57.9 Å². The molecule has 1 aromatic rings. The minimum atomic E-state index is -0.917. The van der Waals surface area contributed by atoms with E-state index in [9.17, 15) is 4.79 Å². The van der Waals surface area contributed by atoms with Crippen LogP contribution in [0.1, 0.15) is 17.5 Å². The molecule has 0 aliphatic heterocycles. The third kappa shape index (κ3) is 6.50. The number of carboxylic acid groups (broad SMARTS) is 1. The summed E-state index contributed by atoms with van der Waals surface area (Å²) in [6, 6.07) is 7.91. The number of carbonyl (C=O) groups is 1. The number of hydrogen-bond acceptors (Lipinski definition) is 3. The zero-order valence-electron chi connectivity index (χ0n) is 12.5. The van der Waals surface area contributed by atoms with Crippen LogP contribution in [0.3, 0.4) is 0 Å². The molecule has 0 saturated carbocycles. The zero-order chi connectivity index (χ0) is 15.0. The van der Waals surface area contributed by atoms with E-state index in [4.69, 9.17) is 5.11 Å². The SMILES string of the molecule is CN(C)CCCN(C)Cc1ccccc1C=CC(=O)O. The van der Waals surface area contributed by atoms with E-state index in [1.807, 2.05) is 24.3 Å². The fourth-order valence-electron chi connectivity index (χ4n) is 2.03. The molecule has 1 rings (SSSR count). The van der Waals surface area contributed by atoms with Gasteiger partial charge in [0.25, 0.3) is 0 Å². The first-order valence-corrected chi connectivity index (χ1v) is 6.81. The van der Waals surface area contributed by atoms with Crippen LogP contribution < -0.4 is 0 Å². The summed E-state index contributed by atoms with van der Waals surface area (Å²) in [5, 5.41) is 8.71. The molecule has 0 fully saturated rings. The molecule has 0 saturated heterocycles. The topological polar surface area (TPSA) is 43.8 Å². The molecule has 4 heteroatoms. The molecular weight excluding hydrogens is 252 g/mol. The van der Waals surface area contributed by atoms with Crippen molar-refractivity contribution in [2.75, 3.05) is 34.2 Å². The van der Waals surface area contributed by atoms with E-state index in [1.165, 1.54) is 6.08 Å². The quantitative estimate of drug-likeness (QED) is 0.739. The van der Waals surface area contributed by atoms with Crippen LogP contribution in [0.15, 0.2) is 30.3 Å². The Bertz CT molecular complexity index is 456. The summed E-state index contributed by atoms with van der Waals surface area (Å²) >= 11 is 0. The van der Waals surface area contributed by atoms with Gasteiger partial charge in [-0.3, -0.25) is 0 Å². The van der Waals surface area contributed by atoms with Gasteiger partial charge in [0.05, 0.1) is 0 Å². The van der Waals surface area contributed by atoms with E-state index in [0.29, 0.717) is 0 Å². The van der Waals surface area contributed by atoms with Crippen molar-refractivity contribution in [3.05, 3.63) is 41.5 Å². The van der Waals surface area contributed by atoms with Gasteiger partial charge in [0.1, 0.15) is 0 Å². The van der Waals surface area contributed by atoms with Crippen molar-refractivity contribution in [2.24, 2.45) is 0 Å². The van der Waals surface area contributed by atoms with Gasteiger partial charge in [-0.2, -0.15) is 0 Å². The summed E-state index contributed by atoms with van der Waals surface area (Å²) in [6.45, 7) is 2.92. The third-order valence-corrected chi connectivity index (χ3v) is 3.05. The van der Waals surface area contributed by atoms with Crippen molar-refractivity contribution in [1.82, 2.24) is 9.80 Å². The summed E-state index contributed by atoms with van der Waals surface area (Å²) in [6.07, 6.45) is 3.97. The van der Waals surface area contributed by atoms with Crippen LogP contribution in [-0.2, 0) is 11.3 Å². The van der Waals surface area contributed by atoms with Crippen LogP contribution in [0.4, 0.5) is 0 Å². The van der Waals surface area contributed by atoms with Gasteiger partial charge >= 0.3 is 5.97 Å². The number of carboxylic acids is 1. The number of benzene rings is 1. The van der Waals surface area contributed by atoms with Gasteiger partial charge in [-0.1, -0.05) is 24.3 Å². The van der Waals surface area contributed by atoms with Crippen LogP contribution in [-0.4, -0.2) is 55.1 Å². The Morgan fingerprint density at radius 3 is 2.55 bits per heavy atom. The van der Waals surface area contributed by atoms with Crippen LogP contribution in [0, 0.1) is 0 Å². The molecule has 1 N–H and O–H groups in total. The monoisotopic (exact) mass is 276 g/mol. The van der Waals surface area contributed by atoms with Gasteiger partial charge in [0, 0.05) is 12.6 Å². The first kappa shape index (κ1) is 16.4. The van der Waals surface area contributed by atoms with E-state index in [2.05, 4.69) is 30.9 Å². The highest BCUT2D eigenvalue weighted by Crippen LogP contribution is 2.13. The Morgan fingerprint density at radius 1 is 1.20 bits per heavy atom. The van der Waals surface area contributed by atoms with Crippen molar-refractivity contribution in [1.29, 1.82) is 0 Å². The van der Waals surface area contributed by atoms with Crippen molar-refractivity contribution in [3.8, 4) is 0 Å². The maximum atomic E-state index is 10.6. The predicted molar refractivity (Wildman–Crippen MR) is 82.6 cm³/mol. The summed E-state index contributed by atoms with van der Waals surface area (Å²) in [5.41, 5.74) is 2.12. The van der Waals surface area contributed by atoms with Crippen LogP contribution in [0.2, 0.25) is 0 Å². The fraction of sp³-hybridized carbons (Fsp3) is 0.438. The normalized spacial score (nSPS) is 11.7. The average molecular weight is 276 g/mol. The molecule has 0 radical (unpaired) electrons. The molecule has 0 aromatic heterocycles. The zero-order valence-corrected chi connectivity index (χ0v) is 12.5. The van der Waals surface area contributed by atoms with Crippen molar-refractivity contribution >= 4 is 12.0 Å². The largest absolute Gasteiger partial charge is 0.478 e. The Morgan fingerprint density at radius 2 is 1.90 bits per heavy atom. The highest BCUT2D eigenvalue weighted by molar-refractivity contribution is 5.85. The third-order valence-electron chi connectivity index (χ3n) is 3.05. The number of rotatable bonds is 8. The van der Waals surface area contributed by atoms with E-state index >= 15 is 0 Å². The van der Waals surface area contributed by atoms with Gasteiger partial charge in [-0.25, -0.2) is 4.79 Å². The standard InChI is InChI=1S/C16H24N2O2/c1-17(2)11-6-12-18(3)13-15-8-5-4-7-14(15)9-10-16(19)20/h4-5,7-10H,6,11-13H2,1-3H3,(H,19,20). The molecule has 0 spiro atoms. The summed E-state index contributed by atoms with van der Waals surface area (Å²) in [7, 11) is 6.24. The summed E-state index contributed by atoms with van der Waals surface area (Å²) in [4.78, 5) is 15.0. The second-order valence-electron chi connectivity index (χ2n) is 5.26. The number of aliphatic carboxylic acids is 1. The Labute approximate surface area is 121 Å². The van der Waals surface area contributed by atoms with Crippen molar-refractivity contribution in [2.45, 2.75) is 13.0 Å². The number of nitrogens with zero attached hydrogens (tertiary/aromatic N) is 2. The minimum absolute atomic E-state index is 0.827. The van der Waals surface area contributed by atoms with Gasteiger partial charge in [-0.15, -0.1) is 0 Å². The van der Waals surface area contributed by atoms with Gasteiger partial charge < -0.3 is 14.9 Å². The number of hydrogen-bond donors (Lipinski definition) is 1. The molecule has 0 amide bonds. The minimum Gasteiger partial charge on any atom is -0.478 e. The van der Waals surface area contributed by atoms with Crippen LogP contribution in [0.5, 0.6) is 0 Å². The molecule has 0 bridgehead atoms. The van der Waals surface area contributed by atoms with Crippen molar-refractivity contribution in [3.63, 3.8) is 0 Å². The van der Waals surface area contributed by atoms with Gasteiger partial charge in [0.15, 0.2) is 0 Å². The van der Waals surface area contributed by atoms with E-state index in [-0.39, 0.29) is 0 Å². The smallest absolute Gasteiger partial charge is 0.328 e. The summed E-state index contributed by atoms with van der Waals surface area (Å²) in [5.74, 6) is -0.917. The Balaban J connectivity index is 2.60. The maximum Gasteiger partial charge on any atom is 0.328 e. The second-order valence-corrected chi connectivity index (χ2v) is 5.26. The molecule has 0 aliphatic carbocycles. The molecule has 1 aromatic carbocycles. The highest BCUT2D eigenvalue weighted by Gasteiger charge is 2.04. The lowest BCUT2D eigenvalue weighted by molar-refractivity contribution is -0.131. The summed E-state index contributed by atoms with van der Waals surface area (Å²) < 4.78 is 0. The van der Waals surface area contributed by atoms with Crippen LogP contribution in [0.25, 0.3) is 6.08 Å². The molecular formula is C16H24N2O2. The first-order chi connectivity index (χ1) is 9.49. The van der Waals surface area contributed by atoms with E-state index < -0.39 is 5.97 Å². The fourth-order valence-corrected chi connectivity index (χ4v) is 2.03. The van der Waals surface area contributed by atoms with Crippen molar-refractivity contribution < 1.29 is 9.90 Å². The second kappa shape index (κ2) is 8.51. The lowest BCUT2D eigenvalue weighted by atomic mass is 10.1. The molecule has 110 valence electrons. The Hall–Kier alpha value is -1.65. The molecule has 0 heterocycles. The Kier molecular flexibility index (Phi) is 6.98. The molecule has 0 atom stereocenters. The molecule has 0 aliphatic rings. The predicted octanol–water partition coefficient (Wildman–Crippen LogP) is 2.17. The first-order valence-electron chi connectivity index (χ1n) is 6.81. The van der Waals surface area contributed by atoms with Gasteiger partial charge in [0.2, 0.25) is 0 Å². The highest BCUT2D eigenvalue weighted by atomic mass is 16.4. The lowest BCUT2D eigenvalue weighted by Crippen LogP contribution is -2.23. The maximum absolute atomic E-state index is 10.6. The molecule has 0 unspecified atom stereocenters. The molecule has 4 nitrogen and oxygen atoms in total. The lowest BCUT2D eigenvalue weighted by Gasteiger charge is -2.19. The van der Waals surface area contributed by atoms with E-state index in [0.717, 1.165) is 37.2 Å². The molecule has 20 heavy (non-hydrogen) atoms. The van der Waals surface area contributed by atoms with E-state index in [1.54, 1.807) is 6.08 Å².